The molecule has 0 atom stereocenters. The van der Waals surface area contributed by atoms with Gasteiger partial charge in [-0.05, 0) is 55.4 Å². The number of ether oxygens (including phenoxy) is 2. The molecule has 162 valence electrons. The number of benzene rings is 2. The molecule has 1 fully saturated rings. The highest BCUT2D eigenvalue weighted by Gasteiger charge is 2.18. The monoisotopic (exact) mass is 439 g/mol. The predicted octanol–water partition coefficient (Wildman–Crippen LogP) is 4.13. The Hall–Kier alpha value is -3.13. The minimum atomic E-state index is -0.301. The van der Waals surface area contributed by atoms with Crippen molar-refractivity contribution in [2.75, 3.05) is 14.2 Å². The van der Waals surface area contributed by atoms with E-state index in [1.807, 2.05) is 0 Å². The topological polar surface area (TPSA) is 85.3 Å². The van der Waals surface area contributed by atoms with Crippen molar-refractivity contribution in [1.82, 2.24) is 14.9 Å². The number of nitrogens with zero attached hydrogens (tertiary/aromatic N) is 1. The Kier molecular flexibility index (Phi) is 6.08. The van der Waals surface area contributed by atoms with Crippen LogP contribution in [0.5, 0.6) is 11.5 Å². The third-order valence-corrected chi connectivity index (χ3v) is 6.01. The first-order chi connectivity index (χ1) is 15.0. The van der Waals surface area contributed by atoms with Crippen molar-refractivity contribution in [3.8, 4) is 17.2 Å². The first kappa shape index (κ1) is 21.1. The zero-order chi connectivity index (χ0) is 22.0. The molecule has 0 unspecified atom stereocenters. The van der Waals surface area contributed by atoms with Gasteiger partial charge in [0.25, 0.3) is 11.5 Å². The van der Waals surface area contributed by atoms with Gasteiger partial charge in [0.05, 0.1) is 30.8 Å². The van der Waals surface area contributed by atoms with Gasteiger partial charge < -0.3 is 19.8 Å². The standard InChI is InChI=1S/C23H25N3O4S/c1-29-16-9-11-20(30-2)19(13-16)26-22(28)17-10-8-14(12-18(17)25-23(26)31)21(27)24-15-6-4-3-5-7-15/h8-13,15H,3-7H2,1-2H3,(H,24,27)(H,25,31). The lowest BCUT2D eigenvalue weighted by Gasteiger charge is -2.22. The first-order valence-corrected chi connectivity index (χ1v) is 10.7. The fraction of sp³-hybridized carbons (Fsp3) is 0.348. The number of aromatic amines is 1. The number of nitrogens with one attached hydrogen (secondary N) is 2. The van der Waals surface area contributed by atoms with Gasteiger partial charge in [-0.15, -0.1) is 0 Å². The number of rotatable bonds is 5. The van der Waals surface area contributed by atoms with E-state index in [0.29, 0.717) is 33.7 Å². The predicted molar refractivity (Wildman–Crippen MR) is 122 cm³/mol. The average Bonchev–Trinajstić information content (AvgIpc) is 2.79. The van der Waals surface area contributed by atoms with E-state index in [1.165, 1.54) is 18.1 Å². The summed E-state index contributed by atoms with van der Waals surface area (Å²) in [6, 6.07) is 10.4. The Balaban J connectivity index is 1.75. The molecule has 0 radical (unpaired) electrons. The summed E-state index contributed by atoms with van der Waals surface area (Å²) in [5.74, 6) is 0.934. The molecular formula is C23H25N3O4S. The van der Waals surface area contributed by atoms with Gasteiger partial charge >= 0.3 is 0 Å². The quantitative estimate of drug-likeness (QED) is 0.584. The Morgan fingerprint density at radius 2 is 1.87 bits per heavy atom. The number of aromatic nitrogens is 2. The summed E-state index contributed by atoms with van der Waals surface area (Å²) >= 11 is 5.49. The molecule has 1 aromatic heterocycles. The van der Waals surface area contributed by atoms with Gasteiger partial charge in [-0.3, -0.25) is 9.59 Å². The smallest absolute Gasteiger partial charge is 0.266 e. The molecule has 0 bridgehead atoms. The number of amides is 1. The molecular weight excluding hydrogens is 414 g/mol. The summed E-state index contributed by atoms with van der Waals surface area (Å²) < 4.78 is 12.3. The largest absolute Gasteiger partial charge is 0.497 e. The van der Waals surface area contributed by atoms with E-state index >= 15 is 0 Å². The van der Waals surface area contributed by atoms with Crippen molar-refractivity contribution in [3.05, 3.63) is 57.1 Å². The lowest BCUT2D eigenvalue weighted by molar-refractivity contribution is 0.0928. The van der Waals surface area contributed by atoms with Gasteiger partial charge in [0.1, 0.15) is 11.5 Å². The number of hydrogen-bond donors (Lipinski definition) is 2. The molecule has 1 saturated carbocycles. The Morgan fingerprint density at radius 3 is 2.58 bits per heavy atom. The summed E-state index contributed by atoms with van der Waals surface area (Å²) in [6.07, 6.45) is 5.53. The fourth-order valence-corrected chi connectivity index (χ4v) is 4.36. The second kappa shape index (κ2) is 8.93. The fourth-order valence-electron chi connectivity index (χ4n) is 4.07. The number of hydrogen-bond acceptors (Lipinski definition) is 5. The number of H-pyrrole nitrogens is 1. The van der Waals surface area contributed by atoms with Crippen molar-refractivity contribution in [3.63, 3.8) is 0 Å². The minimum absolute atomic E-state index is 0.133. The van der Waals surface area contributed by atoms with Crippen molar-refractivity contribution >= 4 is 29.0 Å². The van der Waals surface area contributed by atoms with Crippen LogP contribution in [-0.2, 0) is 0 Å². The normalized spacial score (nSPS) is 14.4. The number of carbonyl (C=O) groups is 1. The molecule has 2 N–H and O–H groups in total. The van der Waals surface area contributed by atoms with Gasteiger partial charge in [0.2, 0.25) is 0 Å². The molecule has 1 aliphatic carbocycles. The lowest BCUT2D eigenvalue weighted by atomic mass is 9.95. The average molecular weight is 440 g/mol. The SMILES string of the molecule is COc1ccc(OC)c(-n2c(=S)[nH]c3cc(C(=O)NC4CCCCC4)ccc3c2=O)c1. The molecule has 31 heavy (non-hydrogen) atoms. The second-order valence-corrected chi connectivity index (χ2v) is 8.06. The molecule has 3 aromatic rings. The van der Waals surface area contributed by atoms with Crippen LogP contribution >= 0.6 is 12.2 Å². The van der Waals surface area contributed by atoms with Crippen molar-refractivity contribution in [2.45, 2.75) is 38.1 Å². The third-order valence-electron chi connectivity index (χ3n) is 5.73. The van der Waals surface area contributed by atoms with Gasteiger partial charge in [0, 0.05) is 17.7 Å². The molecule has 0 spiro atoms. The van der Waals surface area contributed by atoms with Crippen LogP contribution in [0.1, 0.15) is 42.5 Å². The first-order valence-electron chi connectivity index (χ1n) is 10.3. The van der Waals surface area contributed by atoms with Crippen LogP contribution in [0.3, 0.4) is 0 Å². The molecule has 8 heteroatoms. The van der Waals surface area contributed by atoms with Gasteiger partial charge in [-0.2, -0.15) is 0 Å². The summed E-state index contributed by atoms with van der Waals surface area (Å²) in [5, 5.41) is 3.53. The van der Waals surface area contributed by atoms with Crippen LogP contribution in [0.4, 0.5) is 0 Å². The van der Waals surface area contributed by atoms with E-state index in [9.17, 15) is 9.59 Å². The lowest BCUT2D eigenvalue weighted by Crippen LogP contribution is -2.36. The van der Waals surface area contributed by atoms with E-state index in [0.717, 1.165) is 25.7 Å². The summed E-state index contributed by atoms with van der Waals surface area (Å²) in [7, 11) is 3.08. The van der Waals surface area contributed by atoms with Crippen LogP contribution in [0.15, 0.2) is 41.2 Å². The maximum absolute atomic E-state index is 13.3. The number of methoxy groups -OCH3 is 2. The highest BCUT2D eigenvalue weighted by Crippen LogP contribution is 2.27. The molecule has 0 saturated heterocycles. The van der Waals surface area contributed by atoms with Crippen molar-refractivity contribution in [2.24, 2.45) is 0 Å². The zero-order valence-corrected chi connectivity index (χ0v) is 18.4. The van der Waals surface area contributed by atoms with Crippen LogP contribution in [0, 0.1) is 4.77 Å². The summed E-state index contributed by atoms with van der Waals surface area (Å²) in [4.78, 5) is 29.1. The van der Waals surface area contributed by atoms with E-state index in [2.05, 4.69) is 10.3 Å². The second-order valence-electron chi connectivity index (χ2n) is 7.68. The highest BCUT2D eigenvalue weighted by molar-refractivity contribution is 7.71. The zero-order valence-electron chi connectivity index (χ0n) is 17.6. The Labute approximate surface area is 185 Å². The maximum atomic E-state index is 13.3. The van der Waals surface area contributed by atoms with E-state index in [4.69, 9.17) is 21.7 Å². The number of fused-ring (bicyclic) bond motifs is 1. The third kappa shape index (κ3) is 4.20. The molecule has 1 heterocycles. The molecule has 0 aliphatic heterocycles. The number of carbonyl (C=O) groups excluding carboxylic acids is 1. The van der Waals surface area contributed by atoms with E-state index < -0.39 is 0 Å². The molecule has 4 rings (SSSR count). The molecule has 7 nitrogen and oxygen atoms in total. The Morgan fingerprint density at radius 1 is 1.10 bits per heavy atom. The highest BCUT2D eigenvalue weighted by atomic mass is 32.1. The molecule has 2 aromatic carbocycles. The Bertz CT molecular complexity index is 1240. The van der Waals surface area contributed by atoms with E-state index in [-0.39, 0.29) is 22.3 Å². The van der Waals surface area contributed by atoms with Gasteiger partial charge in [0.15, 0.2) is 4.77 Å². The van der Waals surface area contributed by atoms with Crippen LogP contribution in [-0.4, -0.2) is 35.7 Å². The maximum Gasteiger partial charge on any atom is 0.266 e. The van der Waals surface area contributed by atoms with E-state index in [1.54, 1.807) is 43.5 Å². The van der Waals surface area contributed by atoms with Crippen LogP contribution in [0.2, 0.25) is 0 Å². The van der Waals surface area contributed by atoms with Crippen molar-refractivity contribution < 1.29 is 14.3 Å². The van der Waals surface area contributed by atoms with Crippen LogP contribution < -0.4 is 20.3 Å². The van der Waals surface area contributed by atoms with Crippen LogP contribution in [0.25, 0.3) is 16.6 Å². The summed E-state index contributed by atoms with van der Waals surface area (Å²) in [5.41, 5.74) is 1.20. The summed E-state index contributed by atoms with van der Waals surface area (Å²) in [6.45, 7) is 0. The minimum Gasteiger partial charge on any atom is -0.497 e. The van der Waals surface area contributed by atoms with Gasteiger partial charge in [-0.25, -0.2) is 4.57 Å². The van der Waals surface area contributed by atoms with Gasteiger partial charge in [-0.1, -0.05) is 19.3 Å². The molecule has 1 amide bonds. The van der Waals surface area contributed by atoms with Crippen molar-refractivity contribution in [1.29, 1.82) is 0 Å². The molecule has 1 aliphatic rings.